The summed E-state index contributed by atoms with van der Waals surface area (Å²) in [4.78, 5) is 10.8. The van der Waals surface area contributed by atoms with Crippen molar-refractivity contribution in [3.8, 4) is 0 Å². The van der Waals surface area contributed by atoms with Gasteiger partial charge in [-0.15, -0.1) is 11.6 Å². The molecular weight excluding hydrogens is 262 g/mol. The lowest BCUT2D eigenvalue weighted by Crippen LogP contribution is -2.45. The zero-order valence-electron chi connectivity index (χ0n) is 6.36. The molecule has 7 heteroatoms. The summed E-state index contributed by atoms with van der Waals surface area (Å²) in [5.74, 6) is -0.212. The Bertz CT molecular complexity index is 220. The molecule has 0 saturated carbocycles. The van der Waals surface area contributed by atoms with Gasteiger partial charge in [-0.05, 0) is 0 Å². The molecule has 76 valence electrons. The zero-order chi connectivity index (χ0) is 10.1. The van der Waals surface area contributed by atoms with Crippen molar-refractivity contribution in [1.82, 2.24) is 0 Å². The summed E-state index contributed by atoms with van der Waals surface area (Å²) in [5, 5.41) is -1.63. The third kappa shape index (κ3) is 2.27. The Labute approximate surface area is 95.2 Å². The van der Waals surface area contributed by atoms with E-state index in [0.29, 0.717) is 0 Å². The lowest BCUT2D eigenvalue weighted by Gasteiger charge is -2.32. The molecule has 1 atom stereocenters. The predicted molar refractivity (Wildman–Crippen MR) is 50.8 cm³/mol. The van der Waals surface area contributed by atoms with Crippen LogP contribution in [-0.2, 0) is 9.47 Å². The first-order chi connectivity index (χ1) is 5.91. The highest BCUT2D eigenvalue weighted by Crippen LogP contribution is 2.45. The Balaban J connectivity index is 2.91. The van der Waals surface area contributed by atoms with E-state index in [1.165, 1.54) is 0 Å². The minimum absolute atomic E-state index is 0.0528. The Morgan fingerprint density at radius 3 is 2.54 bits per heavy atom. The van der Waals surface area contributed by atoms with Gasteiger partial charge in [0, 0.05) is 6.42 Å². The SMILES string of the molecule is O=C1OCCC(Cl)(Cl)C(Cl)(CCl)O1. The van der Waals surface area contributed by atoms with Gasteiger partial charge in [0.1, 0.15) is 0 Å². The second-order valence-corrected chi connectivity index (χ2v) is 4.88. The second-order valence-electron chi connectivity index (χ2n) is 2.52. The van der Waals surface area contributed by atoms with Crippen LogP contribution < -0.4 is 0 Å². The number of halogens is 4. The van der Waals surface area contributed by atoms with Gasteiger partial charge in [0.15, 0.2) is 4.33 Å². The van der Waals surface area contributed by atoms with Crippen LogP contribution in [0.3, 0.4) is 0 Å². The lowest BCUT2D eigenvalue weighted by molar-refractivity contribution is 0.0321. The second kappa shape index (κ2) is 3.89. The average Bonchev–Trinajstić information content (AvgIpc) is 2.11. The molecular formula is C6H6Cl4O3. The molecule has 1 heterocycles. The molecule has 0 bridgehead atoms. The molecule has 0 spiro atoms. The quantitative estimate of drug-likeness (QED) is 0.541. The molecule has 1 rings (SSSR count). The lowest BCUT2D eigenvalue weighted by atomic mass is 10.2. The fourth-order valence-electron chi connectivity index (χ4n) is 0.810. The van der Waals surface area contributed by atoms with Crippen LogP contribution in [0.15, 0.2) is 0 Å². The highest BCUT2D eigenvalue weighted by atomic mass is 35.5. The van der Waals surface area contributed by atoms with E-state index in [9.17, 15) is 4.79 Å². The van der Waals surface area contributed by atoms with Crippen LogP contribution in [0.1, 0.15) is 6.42 Å². The van der Waals surface area contributed by atoms with Gasteiger partial charge >= 0.3 is 6.16 Å². The Hall–Kier alpha value is 0.430. The molecule has 0 radical (unpaired) electrons. The fraction of sp³-hybridized carbons (Fsp3) is 0.833. The van der Waals surface area contributed by atoms with E-state index in [2.05, 4.69) is 9.47 Å². The van der Waals surface area contributed by atoms with E-state index in [4.69, 9.17) is 46.4 Å². The normalized spacial score (nSPS) is 33.1. The van der Waals surface area contributed by atoms with Crippen molar-refractivity contribution in [2.45, 2.75) is 15.8 Å². The zero-order valence-corrected chi connectivity index (χ0v) is 9.38. The summed E-state index contributed by atoms with van der Waals surface area (Å²) >= 11 is 23.0. The summed E-state index contributed by atoms with van der Waals surface area (Å²) in [6.07, 6.45) is -0.753. The molecule has 1 fully saturated rings. The number of alkyl halides is 4. The van der Waals surface area contributed by atoms with E-state index in [-0.39, 0.29) is 18.9 Å². The number of cyclic esters (lactones) is 2. The van der Waals surface area contributed by atoms with Gasteiger partial charge in [-0.2, -0.15) is 0 Å². The van der Waals surface area contributed by atoms with E-state index >= 15 is 0 Å². The highest BCUT2D eigenvalue weighted by molar-refractivity contribution is 6.54. The minimum atomic E-state index is -1.63. The van der Waals surface area contributed by atoms with Crippen LogP contribution in [0, 0.1) is 0 Å². The van der Waals surface area contributed by atoms with Gasteiger partial charge in [-0.1, -0.05) is 34.8 Å². The van der Waals surface area contributed by atoms with Crippen molar-refractivity contribution in [1.29, 1.82) is 0 Å². The van der Waals surface area contributed by atoms with Crippen molar-refractivity contribution in [2.24, 2.45) is 0 Å². The molecule has 3 nitrogen and oxygen atoms in total. The van der Waals surface area contributed by atoms with Crippen molar-refractivity contribution in [3.63, 3.8) is 0 Å². The minimum Gasteiger partial charge on any atom is -0.434 e. The fourth-order valence-corrected chi connectivity index (χ4v) is 1.75. The van der Waals surface area contributed by atoms with Crippen LogP contribution in [0.4, 0.5) is 4.79 Å². The maximum atomic E-state index is 10.8. The van der Waals surface area contributed by atoms with E-state index in [0.717, 1.165) is 0 Å². The van der Waals surface area contributed by atoms with Crippen LogP contribution >= 0.6 is 46.4 Å². The van der Waals surface area contributed by atoms with Gasteiger partial charge < -0.3 is 9.47 Å². The number of rotatable bonds is 1. The Morgan fingerprint density at radius 2 is 2.00 bits per heavy atom. The van der Waals surface area contributed by atoms with Crippen LogP contribution in [-0.4, -0.2) is 28.0 Å². The molecule has 0 amide bonds. The molecule has 1 saturated heterocycles. The van der Waals surface area contributed by atoms with E-state index in [1.54, 1.807) is 0 Å². The maximum Gasteiger partial charge on any atom is 0.510 e. The molecule has 0 aliphatic carbocycles. The summed E-state index contributed by atoms with van der Waals surface area (Å²) in [6.45, 7) is 0.0528. The molecule has 13 heavy (non-hydrogen) atoms. The third-order valence-electron chi connectivity index (χ3n) is 1.60. The molecule has 0 aromatic heterocycles. The molecule has 1 aliphatic heterocycles. The number of hydrogen-bond donors (Lipinski definition) is 0. The summed E-state index contributed by atoms with van der Waals surface area (Å²) in [5.41, 5.74) is 0. The van der Waals surface area contributed by atoms with Gasteiger partial charge in [-0.3, -0.25) is 0 Å². The van der Waals surface area contributed by atoms with Crippen LogP contribution in [0.5, 0.6) is 0 Å². The van der Waals surface area contributed by atoms with Gasteiger partial charge in [0.25, 0.3) is 0 Å². The number of hydrogen-bond acceptors (Lipinski definition) is 3. The van der Waals surface area contributed by atoms with Crippen molar-refractivity contribution < 1.29 is 14.3 Å². The largest absolute Gasteiger partial charge is 0.510 e. The topological polar surface area (TPSA) is 35.5 Å². The molecule has 0 N–H and O–H groups in total. The van der Waals surface area contributed by atoms with E-state index in [1.807, 2.05) is 0 Å². The molecule has 0 aromatic carbocycles. The third-order valence-corrected chi connectivity index (χ3v) is 3.83. The predicted octanol–water partition coefficient (Wildman–Crippen LogP) is 2.89. The number of carbonyl (C=O) groups excluding carboxylic acids is 1. The van der Waals surface area contributed by atoms with Crippen LogP contribution in [0.25, 0.3) is 0 Å². The van der Waals surface area contributed by atoms with Crippen molar-refractivity contribution >= 4 is 52.6 Å². The number of ether oxygens (including phenoxy) is 2. The van der Waals surface area contributed by atoms with Crippen molar-refractivity contribution in [2.75, 3.05) is 12.5 Å². The van der Waals surface area contributed by atoms with Crippen molar-refractivity contribution in [3.05, 3.63) is 0 Å². The molecule has 0 aromatic rings. The number of carbonyl (C=O) groups is 1. The summed E-state index contributed by atoms with van der Waals surface area (Å²) < 4.78 is 7.79. The van der Waals surface area contributed by atoms with Gasteiger partial charge in [0.2, 0.25) is 5.06 Å². The van der Waals surface area contributed by atoms with Crippen LogP contribution in [0.2, 0.25) is 0 Å². The van der Waals surface area contributed by atoms with Gasteiger partial charge in [0.05, 0.1) is 12.5 Å². The standard InChI is InChI=1S/C6H6Cl4O3/c7-3-6(10)5(8,9)1-2-12-4(11)13-6/h1-3H2. The first kappa shape index (κ1) is 11.5. The molecule has 1 unspecified atom stereocenters. The van der Waals surface area contributed by atoms with E-state index < -0.39 is 15.5 Å². The first-order valence-electron chi connectivity index (χ1n) is 3.40. The summed E-state index contributed by atoms with van der Waals surface area (Å²) in [7, 11) is 0. The smallest absolute Gasteiger partial charge is 0.434 e. The monoisotopic (exact) mass is 266 g/mol. The Kier molecular flexibility index (Phi) is 3.44. The molecule has 1 aliphatic rings. The first-order valence-corrected chi connectivity index (χ1v) is 5.06. The average molecular weight is 268 g/mol. The highest BCUT2D eigenvalue weighted by Gasteiger charge is 2.53. The summed E-state index contributed by atoms with van der Waals surface area (Å²) in [6, 6.07) is 0. The maximum absolute atomic E-state index is 10.8. The Morgan fingerprint density at radius 1 is 1.38 bits per heavy atom. The van der Waals surface area contributed by atoms with Gasteiger partial charge in [-0.25, -0.2) is 4.79 Å².